The van der Waals surface area contributed by atoms with Gasteiger partial charge in [0.25, 0.3) is 0 Å². The van der Waals surface area contributed by atoms with Crippen molar-refractivity contribution in [1.29, 1.82) is 0 Å². The Bertz CT molecular complexity index is 7370. The van der Waals surface area contributed by atoms with Crippen molar-refractivity contribution in [3.8, 4) is 101 Å². The Morgan fingerprint density at radius 3 is 1.02 bits per heavy atom. The van der Waals surface area contributed by atoms with Gasteiger partial charge in [-0.25, -0.2) is 49.8 Å². The summed E-state index contributed by atoms with van der Waals surface area (Å²) in [6.45, 7) is 4.57. The first-order valence-corrected chi connectivity index (χ1v) is 42.3. The molecule has 0 atom stereocenters. The highest BCUT2D eigenvalue weighted by atomic mass is 79.9. The van der Waals surface area contributed by atoms with Crippen LogP contribution in [0.4, 0.5) is 0 Å². The fourth-order valence-corrected chi connectivity index (χ4v) is 17.0. The minimum Gasteiger partial charge on any atom is -0.252 e. The van der Waals surface area contributed by atoms with Gasteiger partial charge in [-0.15, -0.1) is 0 Å². The van der Waals surface area contributed by atoms with Crippen LogP contribution in [0.1, 0.15) is 25.0 Å². The first-order chi connectivity index (χ1) is 58.8. The number of nitrogens with zero attached hydrogens (tertiary/aromatic N) is 15. The van der Waals surface area contributed by atoms with E-state index in [1.165, 1.54) is 44.0 Å². The molecule has 0 radical (unpaired) electrons. The number of benzene rings is 11. The molecule has 1 aliphatic rings. The Hall–Kier alpha value is -13.2. The van der Waals surface area contributed by atoms with Gasteiger partial charge in [-0.3, -0.25) is 24.9 Å². The molecule has 21 aromatic rings. The molecule has 10 aromatic heterocycles. The molecule has 0 spiro atoms. The molecule has 0 saturated heterocycles. The Morgan fingerprint density at radius 2 is 0.525 bits per heavy atom. The molecule has 0 fully saturated rings. The Labute approximate surface area is 732 Å². The Kier molecular flexibility index (Phi) is 22.6. The van der Waals surface area contributed by atoms with Crippen molar-refractivity contribution < 1.29 is 0 Å². The SMILES string of the molecule is Brc1nc(-c2cc(-c3ccccc3)cc(-c3ccccc3)c2)c2ncccc2n1.Brc1nc(-c2ccc3ccccc3c2)c2ncccc2n1.Brc1nc(-c2cccc(-c3ccccc3)c2)c2ncccc2n1.Brc1nc(-c2cccc3ccccc23)c2ncccc2n1.CC1(C)c2ccccc2-c2ccc(-c3nc(Br)nc4cccnc34)cc21. The fourth-order valence-electron chi connectivity index (χ4n) is 15.1. The van der Waals surface area contributed by atoms with Crippen LogP contribution >= 0.6 is 79.6 Å². The maximum absolute atomic E-state index is 4.68. The zero-order chi connectivity index (χ0) is 81.6. The highest BCUT2D eigenvalue weighted by Crippen LogP contribution is 2.50. The Balaban J connectivity index is 0.000000103. The summed E-state index contributed by atoms with van der Waals surface area (Å²) in [7, 11) is 0. The summed E-state index contributed by atoms with van der Waals surface area (Å²) in [5, 5.41) is 4.76. The van der Waals surface area contributed by atoms with Crippen LogP contribution in [0.5, 0.6) is 0 Å². The molecule has 0 amide bonds. The van der Waals surface area contributed by atoms with Gasteiger partial charge >= 0.3 is 0 Å². The number of halogens is 5. The van der Waals surface area contributed by atoms with Gasteiger partial charge in [-0.05, 0) is 254 Å². The summed E-state index contributed by atoms with van der Waals surface area (Å²) < 4.78 is 2.85. The van der Waals surface area contributed by atoms with Crippen LogP contribution in [0, 0.1) is 0 Å². The lowest BCUT2D eigenvalue weighted by Gasteiger charge is -2.22. The second-order valence-corrected chi connectivity index (χ2v) is 32.1. The molecule has 0 bridgehead atoms. The van der Waals surface area contributed by atoms with Gasteiger partial charge in [-0.1, -0.05) is 238 Å². The molecule has 15 nitrogen and oxygen atoms in total. The van der Waals surface area contributed by atoms with Crippen LogP contribution in [0.2, 0.25) is 0 Å². The smallest absolute Gasteiger partial charge is 0.197 e. The first kappa shape index (κ1) is 78.0. The second-order valence-electron chi connectivity index (χ2n) is 28.6. The average Bonchev–Trinajstić information content (AvgIpc) is 1.58. The fraction of sp³-hybridized carbons (Fsp3) is 0.0300. The maximum Gasteiger partial charge on any atom is 0.197 e. The summed E-state index contributed by atoms with van der Waals surface area (Å²) in [4.78, 5) is 67.4. The van der Waals surface area contributed by atoms with Crippen molar-refractivity contribution in [3.05, 3.63) is 387 Å². The predicted molar refractivity (Wildman–Crippen MR) is 501 cm³/mol. The summed E-state index contributed by atoms with van der Waals surface area (Å²) in [6.07, 6.45) is 8.88. The minimum absolute atomic E-state index is 0.0323. The molecule has 0 N–H and O–H groups in total. The van der Waals surface area contributed by atoms with Gasteiger partial charge < -0.3 is 0 Å². The summed E-state index contributed by atoms with van der Waals surface area (Å²) in [5.74, 6) is 0. The molecule has 574 valence electrons. The quantitative estimate of drug-likeness (QED) is 0.130. The Morgan fingerprint density at radius 1 is 0.200 bits per heavy atom. The number of rotatable bonds is 8. The summed E-state index contributed by atoms with van der Waals surface area (Å²) >= 11 is 17.1. The van der Waals surface area contributed by atoms with E-state index < -0.39 is 0 Å². The summed E-state index contributed by atoms with van der Waals surface area (Å²) in [6, 6.07) is 110. The van der Waals surface area contributed by atoms with E-state index in [0.29, 0.717) is 23.7 Å². The van der Waals surface area contributed by atoms with Gasteiger partial charge in [0.2, 0.25) is 0 Å². The molecule has 22 rings (SSSR count). The molecule has 0 saturated carbocycles. The van der Waals surface area contributed by atoms with E-state index in [0.717, 1.165) is 145 Å². The average molecular weight is 1880 g/mol. The topological polar surface area (TPSA) is 193 Å². The molecule has 11 aromatic carbocycles. The predicted octanol–water partition coefficient (Wildman–Crippen LogP) is 26.9. The highest BCUT2D eigenvalue weighted by Gasteiger charge is 2.35. The van der Waals surface area contributed by atoms with Crippen molar-refractivity contribution >= 4 is 156 Å². The zero-order valence-corrected chi connectivity index (χ0v) is 72.0. The largest absolute Gasteiger partial charge is 0.252 e. The van der Waals surface area contributed by atoms with E-state index in [-0.39, 0.29) is 5.41 Å². The summed E-state index contributed by atoms with van der Waals surface area (Å²) in [5.41, 5.74) is 29.9. The van der Waals surface area contributed by atoms with E-state index in [9.17, 15) is 0 Å². The zero-order valence-electron chi connectivity index (χ0n) is 64.1. The normalized spacial score (nSPS) is 11.7. The van der Waals surface area contributed by atoms with E-state index in [2.05, 4.69) is 362 Å². The van der Waals surface area contributed by atoms with Crippen LogP contribution in [0.25, 0.3) is 178 Å². The third-order valence-corrected chi connectivity index (χ3v) is 22.5. The van der Waals surface area contributed by atoms with Crippen molar-refractivity contribution in [2.45, 2.75) is 19.3 Å². The molecule has 10 heterocycles. The molecular formula is C100H64Br5N15. The third-order valence-electron chi connectivity index (χ3n) is 20.7. The van der Waals surface area contributed by atoms with E-state index in [1.54, 1.807) is 31.0 Å². The monoisotopic (exact) mass is 1870 g/mol. The molecule has 0 aliphatic heterocycles. The van der Waals surface area contributed by atoms with Crippen molar-refractivity contribution in [3.63, 3.8) is 0 Å². The van der Waals surface area contributed by atoms with Gasteiger partial charge in [-0.2, -0.15) is 0 Å². The molecule has 0 unspecified atom stereocenters. The van der Waals surface area contributed by atoms with E-state index >= 15 is 0 Å². The number of hydrogen-bond donors (Lipinski definition) is 0. The van der Waals surface area contributed by atoms with Crippen LogP contribution in [0.15, 0.2) is 376 Å². The highest BCUT2D eigenvalue weighted by molar-refractivity contribution is 9.11. The van der Waals surface area contributed by atoms with Gasteiger partial charge in [0.1, 0.15) is 56.1 Å². The minimum atomic E-state index is -0.0323. The molecule has 1 aliphatic carbocycles. The van der Waals surface area contributed by atoms with Gasteiger partial charge in [0, 0.05) is 64.2 Å². The molecule has 120 heavy (non-hydrogen) atoms. The van der Waals surface area contributed by atoms with Gasteiger partial charge in [0.05, 0.1) is 27.6 Å². The number of hydrogen-bond acceptors (Lipinski definition) is 15. The van der Waals surface area contributed by atoms with Crippen molar-refractivity contribution in [2.75, 3.05) is 0 Å². The third kappa shape index (κ3) is 16.6. The lowest BCUT2D eigenvalue weighted by molar-refractivity contribution is 0.660. The molecular weight excluding hydrogens is 1810 g/mol. The van der Waals surface area contributed by atoms with E-state index in [1.807, 2.05) is 127 Å². The first-order valence-electron chi connectivity index (χ1n) is 38.3. The number of pyridine rings is 5. The van der Waals surface area contributed by atoms with Crippen LogP contribution in [-0.4, -0.2) is 74.8 Å². The van der Waals surface area contributed by atoms with Crippen molar-refractivity contribution in [2.24, 2.45) is 0 Å². The van der Waals surface area contributed by atoms with Crippen molar-refractivity contribution in [1.82, 2.24) is 74.8 Å². The maximum atomic E-state index is 4.68. The second kappa shape index (κ2) is 34.8. The number of fused-ring (bicyclic) bond motifs is 10. The standard InChI is InChI=1S/C25H16BrN3.C22H16BrN3.C19H12BrN3.2C17H10BrN3/c26-25-28-22-12-7-13-27-24(22)23(29-25)21-15-19(17-8-3-1-4-9-17)14-20(16-21)18-10-5-2-6-11-18;1-22(2)16-7-4-3-6-14(16)15-10-9-13(12-17(15)22)19-20-18(8-5-11-24-20)25-21(23)26-19;20-19-22-16-10-5-11-21-18(16)17(23-19)15-9-4-8-14(12-15)13-6-2-1-3-7-13;18-17-20-14-9-4-10-19-16(14)15(21-17)13-8-3-6-11-5-1-2-7-12(11)13;18-17-20-14-6-3-9-19-16(14)15(21-17)13-8-7-11-4-1-2-5-12(11)10-13/h1-16H;3-12H,1-2H3;1-12H;2*1-10H. The van der Waals surface area contributed by atoms with Gasteiger partial charge in [0.15, 0.2) is 23.7 Å². The van der Waals surface area contributed by atoms with Crippen LogP contribution < -0.4 is 0 Å². The molecule has 20 heteroatoms. The number of aromatic nitrogens is 15. The lowest BCUT2D eigenvalue weighted by Crippen LogP contribution is -2.15. The van der Waals surface area contributed by atoms with Crippen LogP contribution in [-0.2, 0) is 5.41 Å². The lowest BCUT2D eigenvalue weighted by atomic mass is 9.82. The van der Waals surface area contributed by atoms with E-state index in [4.69, 9.17) is 0 Å². The van der Waals surface area contributed by atoms with Crippen LogP contribution in [0.3, 0.4) is 0 Å².